The quantitative estimate of drug-likeness (QED) is 0.458. The number of nitrogens with one attached hydrogen (secondary N) is 1. The molecule has 240 valence electrons. The number of carbonyl (C=O) groups is 2. The van der Waals surface area contributed by atoms with Crippen LogP contribution in [0.5, 0.6) is 0 Å². The third-order valence-corrected chi connectivity index (χ3v) is 12.5. The summed E-state index contributed by atoms with van der Waals surface area (Å²) in [7, 11) is -3.71. The minimum absolute atomic E-state index is 0.00819. The molecule has 2 unspecified atom stereocenters. The van der Waals surface area contributed by atoms with Gasteiger partial charge in [0.15, 0.2) is 9.84 Å². The molecule has 9 nitrogen and oxygen atoms in total. The normalized spacial score (nSPS) is 24.2. The molecular formula is C34H42ClN5O4S. The molecule has 1 N–H and O–H groups in total. The first-order chi connectivity index (χ1) is 21.3. The van der Waals surface area contributed by atoms with Crippen LogP contribution >= 0.6 is 11.6 Å². The van der Waals surface area contributed by atoms with Crippen molar-refractivity contribution < 1.29 is 18.0 Å². The second-order valence-electron chi connectivity index (χ2n) is 14.2. The second kappa shape index (κ2) is 11.6. The number of halogens is 1. The second-order valence-corrected chi connectivity index (χ2v) is 16.9. The van der Waals surface area contributed by atoms with E-state index in [9.17, 15) is 23.3 Å². The molecule has 2 heterocycles. The topological polar surface area (TPSA) is 114 Å². The Kier molecular flexibility index (Phi) is 8.20. The highest BCUT2D eigenvalue weighted by atomic mass is 35.5. The van der Waals surface area contributed by atoms with Gasteiger partial charge in [-0.2, -0.15) is 5.26 Å². The van der Waals surface area contributed by atoms with Crippen LogP contribution in [0.4, 0.5) is 5.69 Å². The Morgan fingerprint density at radius 2 is 1.60 bits per heavy atom. The lowest BCUT2D eigenvalue weighted by molar-refractivity contribution is -0.140. The summed E-state index contributed by atoms with van der Waals surface area (Å²) in [5.74, 6) is -0.861. The third kappa shape index (κ3) is 6.45. The Labute approximate surface area is 271 Å². The molecule has 2 aromatic rings. The van der Waals surface area contributed by atoms with Crippen LogP contribution in [0.25, 0.3) is 0 Å². The molecule has 11 heteroatoms. The van der Waals surface area contributed by atoms with E-state index < -0.39 is 38.0 Å². The highest BCUT2D eigenvalue weighted by Gasteiger charge is 2.58. The fourth-order valence-corrected chi connectivity index (χ4v) is 8.70. The number of nitrogens with zero attached hydrogens (tertiary/aromatic N) is 4. The predicted octanol–water partition coefficient (Wildman–Crippen LogP) is 4.05. The molecule has 0 bridgehead atoms. The van der Waals surface area contributed by atoms with E-state index in [1.165, 1.54) is 4.90 Å². The van der Waals surface area contributed by atoms with E-state index in [2.05, 4.69) is 42.0 Å². The lowest BCUT2D eigenvalue weighted by atomic mass is 9.94. The number of carbonyl (C=O) groups excluding carboxylic acids is 2. The van der Waals surface area contributed by atoms with Crippen molar-refractivity contribution in [2.45, 2.75) is 86.4 Å². The van der Waals surface area contributed by atoms with E-state index in [0.717, 1.165) is 37.4 Å². The zero-order valence-corrected chi connectivity index (χ0v) is 27.8. The van der Waals surface area contributed by atoms with Gasteiger partial charge >= 0.3 is 0 Å². The van der Waals surface area contributed by atoms with Crippen LogP contribution in [0.1, 0.15) is 64.0 Å². The number of nitriles is 1. The molecule has 2 aromatic carbocycles. The predicted molar refractivity (Wildman–Crippen MR) is 175 cm³/mol. The lowest BCUT2D eigenvalue weighted by Gasteiger charge is -2.43. The maximum atomic E-state index is 14.1. The molecule has 2 saturated heterocycles. The van der Waals surface area contributed by atoms with Gasteiger partial charge in [-0.05, 0) is 88.3 Å². The van der Waals surface area contributed by atoms with Gasteiger partial charge in [0, 0.05) is 49.0 Å². The average Bonchev–Trinajstić information content (AvgIpc) is 3.93. The molecule has 0 spiro atoms. The maximum absolute atomic E-state index is 14.1. The van der Waals surface area contributed by atoms with Crippen LogP contribution in [0, 0.1) is 11.3 Å². The first-order valence-corrected chi connectivity index (χ1v) is 18.0. The SMILES string of the molecule is CC(C)(C)N1CCN(c2ccc(CS(=O)(=O)C3CC(C(=O)NC4(C#N)CC4)N(C(=O)C4(c5ccc(Cl)cc5)CC4)C3)cc2)CC1. The van der Waals surface area contributed by atoms with Crippen LogP contribution in [0.3, 0.4) is 0 Å². The molecule has 2 amide bonds. The van der Waals surface area contributed by atoms with Crippen LogP contribution in [0.15, 0.2) is 48.5 Å². The summed E-state index contributed by atoms with van der Waals surface area (Å²) in [5.41, 5.74) is 0.994. The Hall–Kier alpha value is -3.13. The average molecular weight is 652 g/mol. The van der Waals surface area contributed by atoms with Crippen LogP contribution in [0.2, 0.25) is 5.02 Å². The summed E-state index contributed by atoms with van der Waals surface area (Å²) in [6, 6.07) is 16.1. The molecule has 4 aliphatic rings. The Morgan fingerprint density at radius 1 is 0.978 bits per heavy atom. The van der Waals surface area contributed by atoms with Crippen molar-refractivity contribution in [3.63, 3.8) is 0 Å². The smallest absolute Gasteiger partial charge is 0.244 e. The van der Waals surface area contributed by atoms with Crippen LogP contribution < -0.4 is 10.2 Å². The van der Waals surface area contributed by atoms with Crippen molar-refractivity contribution in [1.82, 2.24) is 15.1 Å². The summed E-state index contributed by atoms with van der Waals surface area (Å²) in [6.07, 6.45) is 2.35. The van der Waals surface area contributed by atoms with Gasteiger partial charge in [-0.1, -0.05) is 35.9 Å². The lowest BCUT2D eigenvalue weighted by Crippen LogP contribution is -2.53. The molecule has 45 heavy (non-hydrogen) atoms. The van der Waals surface area contributed by atoms with Crippen molar-refractivity contribution in [3.05, 3.63) is 64.7 Å². The minimum atomic E-state index is -3.71. The number of sulfone groups is 1. The highest BCUT2D eigenvalue weighted by molar-refractivity contribution is 7.91. The van der Waals surface area contributed by atoms with Gasteiger partial charge in [0.2, 0.25) is 11.8 Å². The summed E-state index contributed by atoms with van der Waals surface area (Å²) in [5, 5.41) is 12.1. The van der Waals surface area contributed by atoms with E-state index in [-0.39, 0.29) is 30.2 Å². The molecule has 2 aliphatic heterocycles. The first kappa shape index (κ1) is 31.8. The third-order valence-electron chi connectivity index (χ3n) is 10.1. The number of hydrogen-bond acceptors (Lipinski definition) is 7. The van der Waals surface area contributed by atoms with Gasteiger partial charge in [-0.3, -0.25) is 14.5 Å². The largest absolute Gasteiger partial charge is 0.369 e. The molecular weight excluding hydrogens is 610 g/mol. The standard InChI is InChI=1S/C34H42ClN5O4S/c1-32(2,3)39-18-16-38(17-19-39)27-10-4-24(5-11-27)22-45(43,44)28-20-29(30(41)37-33(23-36)12-13-33)40(21-28)31(42)34(14-15-34)25-6-8-26(35)9-7-25/h4-11,28-29H,12-22H2,1-3H3,(H,37,41). The van der Waals surface area contributed by atoms with E-state index in [0.29, 0.717) is 36.3 Å². The number of likely N-dealkylation sites (tertiary alicyclic amines) is 1. The van der Waals surface area contributed by atoms with Crippen molar-refractivity contribution in [2.75, 3.05) is 37.6 Å². The Bertz CT molecular complexity index is 1600. The van der Waals surface area contributed by atoms with Gasteiger partial charge in [0.1, 0.15) is 11.6 Å². The first-order valence-electron chi connectivity index (χ1n) is 15.9. The van der Waals surface area contributed by atoms with E-state index >= 15 is 0 Å². The number of amides is 2. The Morgan fingerprint density at radius 3 is 2.13 bits per heavy atom. The van der Waals surface area contributed by atoms with E-state index in [1.54, 1.807) is 12.1 Å². The maximum Gasteiger partial charge on any atom is 0.244 e. The number of benzene rings is 2. The molecule has 0 aromatic heterocycles. The highest BCUT2D eigenvalue weighted by Crippen LogP contribution is 2.51. The minimum Gasteiger partial charge on any atom is -0.369 e. The van der Waals surface area contributed by atoms with Crippen molar-refractivity contribution in [1.29, 1.82) is 5.26 Å². The zero-order valence-electron chi connectivity index (χ0n) is 26.3. The number of hydrogen-bond donors (Lipinski definition) is 1. The molecule has 2 saturated carbocycles. The fourth-order valence-electron chi connectivity index (χ4n) is 6.82. The van der Waals surface area contributed by atoms with Gasteiger partial charge in [0.05, 0.1) is 22.5 Å². The van der Waals surface area contributed by atoms with E-state index in [1.807, 2.05) is 36.4 Å². The van der Waals surface area contributed by atoms with Gasteiger partial charge in [-0.25, -0.2) is 8.42 Å². The summed E-state index contributed by atoms with van der Waals surface area (Å²) in [4.78, 5) is 33.9. The summed E-state index contributed by atoms with van der Waals surface area (Å²) < 4.78 is 27.7. The Balaban J connectivity index is 1.17. The fraction of sp³-hybridized carbons (Fsp3) is 0.559. The molecule has 0 radical (unpaired) electrons. The van der Waals surface area contributed by atoms with Crippen molar-refractivity contribution in [3.8, 4) is 6.07 Å². The number of rotatable bonds is 8. The van der Waals surface area contributed by atoms with Gasteiger partial charge in [0.25, 0.3) is 0 Å². The number of piperazine rings is 1. The zero-order chi connectivity index (χ0) is 32.2. The monoisotopic (exact) mass is 651 g/mol. The molecule has 2 aliphatic carbocycles. The molecule has 6 rings (SSSR count). The van der Waals surface area contributed by atoms with Crippen LogP contribution in [-0.2, 0) is 30.6 Å². The van der Waals surface area contributed by atoms with Crippen LogP contribution in [-0.4, -0.2) is 85.1 Å². The van der Waals surface area contributed by atoms with Gasteiger partial charge in [-0.15, -0.1) is 0 Å². The molecule has 4 fully saturated rings. The number of anilines is 1. The van der Waals surface area contributed by atoms with Crippen molar-refractivity contribution in [2.24, 2.45) is 0 Å². The summed E-state index contributed by atoms with van der Waals surface area (Å²) in [6.45, 7) is 10.4. The van der Waals surface area contributed by atoms with E-state index in [4.69, 9.17) is 11.6 Å². The van der Waals surface area contributed by atoms with Crippen molar-refractivity contribution >= 4 is 38.9 Å². The molecule has 2 atom stereocenters. The van der Waals surface area contributed by atoms with Gasteiger partial charge < -0.3 is 15.1 Å². The summed E-state index contributed by atoms with van der Waals surface area (Å²) >= 11 is 6.09.